The molecule has 0 saturated heterocycles. The second kappa shape index (κ2) is 5.10. The lowest BCUT2D eigenvalue weighted by atomic mass is 10.0. The van der Waals surface area contributed by atoms with Crippen LogP contribution in [0.3, 0.4) is 0 Å². The summed E-state index contributed by atoms with van der Waals surface area (Å²) in [7, 11) is 0. The fourth-order valence-electron chi connectivity index (χ4n) is 1.89. The summed E-state index contributed by atoms with van der Waals surface area (Å²) in [5.41, 5.74) is 4.13. The van der Waals surface area contributed by atoms with Crippen LogP contribution in [0.4, 0.5) is 0 Å². The number of nitrogens with zero attached hydrogens (tertiary/aromatic N) is 2. The van der Waals surface area contributed by atoms with E-state index in [1.165, 1.54) is 10.2 Å². The molecule has 0 atom stereocenters. The highest BCUT2D eigenvalue weighted by Crippen LogP contribution is 2.22. The minimum atomic E-state index is -0.982. The Morgan fingerprint density at radius 1 is 1.37 bits per heavy atom. The van der Waals surface area contributed by atoms with Crippen LogP contribution >= 0.6 is 0 Å². The molecule has 2 aromatic rings. The van der Waals surface area contributed by atoms with Gasteiger partial charge in [-0.3, -0.25) is 4.68 Å². The van der Waals surface area contributed by atoms with E-state index in [1.54, 1.807) is 12.1 Å². The zero-order valence-corrected chi connectivity index (χ0v) is 11.1. The van der Waals surface area contributed by atoms with Gasteiger partial charge in [-0.25, -0.2) is 4.79 Å². The van der Waals surface area contributed by atoms with E-state index < -0.39 is 5.97 Å². The van der Waals surface area contributed by atoms with Crippen LogP contribution in [0.25, 0.3) is 11.3 Å². The average Bonchev–Trinajstić information content (AvgIpc) is 2.77. The summed E-state index contributed by atoms with van der Waals surface area (Å²) >= 11 is 0. The van der Waals surface area contributed by atoms with Gasteiger partial charge in [0.05, 0.1) is 12.2 Å². The molecule has 0 fully saturated rings. The summed E-state index contributed by atoms with van der Waals surface area (Å²) in [4.78, 5) is 11.2. The number of rotatable bonds is 4. The predicted molar refractivity (Wildman–Crippen MR) is 74.3 cm³/mol. The quantitative estimate of drug-likeness (QED) is 0.855. The van der Waals surface area contributed by atoms with Crippen molar-refractivity contribution in [2.24, 2.45) is 0 Å². The molecule has 0 spiro atoms. The van der Waals surface area contributed by atoms with Crippen LogP contribution in [-0.4, -0.2) is 20.9 Å². The van der Waals surface area contributed by atoms with Crippen LogP contribution in [-0.2, 0) is 6.54 Å². The van der Waals surface area contributed by atoms with Crippen molar-refractivity contribution in [3.8, 4) is 11.3 Å². The maximum atomic E-state index is 11.2. The van der Waals surface area contributed by atoms with Crippen molar-refractivity contribution in [1.29, 1.82) is 0 Å². The number of carboxylic acids is 1. The molecule has 0 aliphatic rings. The first-order valence-electron chi connectivity index (χ1n) is 6.02. The number of hydrogen-bond donors (Lipinski definition) is 1. The monoisotopic (exact) mass is 256 g/mol. The summed E-state index contributed by atoms with van der Waals surface area (Å²) in [5, 5.41) is 13.5. The fraction of sp³-hybridized carbons (Fsp3) is 0.200. The molecular weight excluding hydrogens is 240 g/mol. The number of aromatic carboxylic acids is 1. The number of carbonyl (C=O) groups is 1. The molecule has 0 unspecified atom stereocenters. The molecule has 4 nitrogen and oxygen atoms in total. The summed E-state index contributed by atoms with van der Waals surface area (Å²) < 4.78 is 1.44. The Balaban J connectivity index is 2.50. The standard InChI is InChI=1S/C15H16N2O2/c1-4-7-17-14(15(18)19)9-13(16-17)12-6-5-10(2)11(3)8-12/h4-6,8-9H,1,7H2,2-3H3,(H,18,19). The lowest BCUT2D eigenvalue weighted by molar-refractivity contribution is 0.0684. The molecule has 0 radical (unpaired) electrons. The molecule has 0 bridgehead atoms. The lowest BCUT2D eigenvalue weighted by Gasteiger charge is -2.02. The number of carboxylic acid groups (broad SMARTS) is 1. The fourth-order valence-corrected chi connectivity index (χ4v) is 1.89. The van der Waals surface area contributed by atoms with Gasteiger partial charge in [-0.05, 0) is 37.1 Å². The van der Waals surface area contributed by atoms with Crippen molar-refractivity contribution in [3.63, 3.8) is 0 Å². The summed E-state index contributed by atoms with van der Waals surface area (Å²) in [6.07, 6.45) is 1.63. The molecular formula is C15H16N2O2. The molecule has 98 valence electrons. The molecule has 1 aromatic carbocycles. The molecule has 1 aromatic heterocycles. The van der Waals surface area contributed by atoms with Crippen LogP contribution in [0, 0.1) is 13.8 Å². The van der Waals surface area contributed by atoms with Crippen molar-refractivity contribution < 1.29 is 9.90 Å². The summed E-state index contributed by atoms with van der Waals surface area (Å²) in [6.45, 7) is 8.06. The largest absolute Gasteiger partial charge is 0.477 e. The van der Waals surface area contributed by atoms with Gasteiger partial charge < -0.3 is 5.11 Å². The normalized spacial score (nSPS) is 10.4. The zero-order chi connectivity index (χ0) is 14.0. The van der Waals surface area contributed by atoms with Gasteiger partial charge in [-0.2, -0.15) is 5.10 Å². The highest BCUT2D eigenvalue weighted by atomic mass is 16.4. The van der Waals surface area contributed by atoms with Gasteiger partial charge in [-0.1, -0.05) is 18.2 Å². The zero-order valence-electron chi connectivity index (χ0n) is 11.1. The number of hydrogen-bond acceptors (Lipinski definition) is 2. The van der Waals surface area contributed by atoms with Crippen LogP contribution in [0.2, 0.25) is 0 Å². The number of aryl methyl sites for hydroxylation is 2. The number of benzene rings is 1. The molecule has 2 rings (SSSR count). The van der Waals surface area contributed by atoms with E-state index in [-0.39, 0.29) is 5.69 Å². The van der Waals surface area contributed by atoms with E-state index >= 15 is 0 Å². The Morgan fingerprint density at radius 3 is 2.68 bits per heavy atom. The first-order chi connectivity index (χ1) is 9.02. The van der Waals surface area contributed by atoms with Crippen molar-refractivity contribution >= 4 is 5.97 Å². The van der Waals surface area contributed by atoms with E-state index in [0.717, 1.165) is 11.1 Å². The molecule has 0 amide bonds. The highest BCUT2D eigenvalue weighted by molar-refractivity contribution is 5.87. The van der Waals surface area contributed by atoms with E-state index in [4.69, 9.17) is 5.11 Å². The van der Waals surface area contributed by atoms with Crippen molar-refractivity contribution in [3.05, 3.63) is 53.7 Å². The van der Waals surface area contributed by atoms with E-state index in [1.807, 2.05) is 32.0 Å². The molecule has 1 N–H and O–H groups in total. The SMILES string of the molecule is C=CCn1nc(-c2ccc(C)c(C)c2)cc1C(=O)O. The topological polar surface area (TPSA) is 55.1 Å². The van der Waals surface area contributed by atoms with Crippen molar-refractivity contribution in [2.45, 2.75) is 20.4 Å². The Kier molecular flexibility index (Phi) is 3.51. The number of allylic oxidation sites excluding steroid dienone is 1. The van der Waals surface area contributed by atoms with Crippen LogP contribution in [0.5, 0.6) is 0 Å². The summed E-state index contributed by atoms with van der Waals surface area (Å²) in [5.74, 6) is -0.982. The summed E-state index contributed by atoms with van der Waals surface area (Å²) in [6, 6.07) is 7.57. The third kappa shape index (κ3) is 2.57. The molecule has 4 heteroatoms. The third-order valence-electron chi connectivity index (χ3n) is 3.10. The first kappa shape index (κ1) is 13.1. The van der Waals surface area contributed by atoms with Crippen LogP contribution < -0.4 is 0 Å². The smallest absolute Gasteiger partial charge is 0.354 e. The predicted octanol–water partition coefficient (Wildman–Crippen LogP) is 3.05. The van der Waals surface area contributed by atoms with Gasteiger partial charge in [-0.15, -0.1) is 6.58 Å². The molecule has 1 heterocycles. The van der Waals surface area contributed by atoms with Gasteiger partial charge in [0, 0.05) is 5.56 Å². The van der Waals surface area contributed by atoms with Crippen LogP contribution in [0.1, 0.15) is 21.6 Å². The number of aromatic nitrogens is 2. The van der Waals surface area contributed by atoms with E-state index in [0.29, 0.717) is 12.2 Å². The molecule has 0 aliphatic carbocycles. The second-order valence-corrected chi connectivity index (χ2v) is 4.49. The van der Waals surface area contributed by atoms with E-state index in [9.17, 15) is 4.79 Å². The molecule has 19 heavy (non-hydrogen) atoms. The van der Waals surface area contributed by atoms with Gasteiger partial charge in [0.15, 0.2) is 0 Å². The first-order valence-corrected chi connectivity index (χ1v) is 6.02. The minimum Gasteiger partial charge on any atom is -0.477 e. The van der Waals surface area contributed by atoms with E-state index in [2.05, 4.69) is 11.7 Å². The Bertz CT molecular complexity index is 642. The van der Waals surface area contributed by atoms with Crippen LogP contribution in [0.15, 0.2) is 36.9 Å². The maximum absolute atomic E-state index is 11.2. The molecule has 0 aliphatic heterocycles. The highest BCUT2D eigenvalue weighted by Gasteiger charge is 2.14. The van der Waals surface area contributed by atoms with Crippen molar-refractivity contribution in [2.75, 3.05) is 0 Å². The Labute approximate surface area is 112 Å². The lowest BCUT2D eigenvalue weighted by Crippen LogP contribution is -2.08. The average molecular weight is 256 g/mol. The minimum absolute atomic E-state index is 0.174. The van der Waals surface area contributed by atoms with Gasteiger partial charge in [0.2, 0.25) is 0 Å². The van der Waals surface area contributed by atoms with Gasteiger partial charge in [0.25, 0.3) is 0 Å². The van der Waals surface area contributed by atoms with Gasteiger partial charge in [0.1, 0.15) is 5.69 Å². The maximum Gasteiger partial charge on any atom is 0.354 e. The Morgan fingerprint density at radius 2 is 2.11 bits per heavy atom. The van der Waals surface area contributed by atoms with Crippen molar-refractivity contribution in [1.82, 2.24) is 9.78 Å². The third-order valence-corrected chi connectivity index (χ3v) is 3.10. The second-order valence-electron chi connectivity index (χ2n) is 4.49. The Hall–Kier alpha value is -2.36. The molecule has 0 saturated carbocycles. The van der Waals surface area contributed by atoms with Gasteiger partial charge >= 0.3 is 5.97 Å².